The van der Waals surface area contributed by atoms with E-state index < -0.39 is 10.4 Å². The largest absolute Gasteiger partial charge is 0.436 e. The lowest BCUT2D eigenvalue weighted by molar-refractivity contribution is 0.247. The van der Waals surface area contributed by atoms with Gasteiger partial charge in [-0.05, 0) is 30.0 Å². The summed E-state index contributed by atoms with van der Waals surface area (Å²) >= 11 is 0. The molecule has 0 saturated heterocycles. The molecule has 0 aromatic heterocycles. The lowest BCUT2D eigenvalue weighted by Crippen LogP contribution is -2.18. The van der Waals surface area contributed by atoms with Gasteiger partial charge in [0.25, 0.3) is 0 Å². The van der Waals surface area contributed by atoms with Crippen molar-refractivity contribution in [3.05, 3.63) is 29.3 Å². The Labute approximate surface area is 111 Å². The molecule has 0 unspecified atom stereocenters. The van der Waals surface area contributed by atoms with Crippen molar-refractivity contribution in [3.8, 4) is 0 Å². The van der Waals surface area contributed by atoms with Crippen molar-refractivity contribution in [2.75, 3.05) is 18.7 Å². The minimum atomic E-state index is -4.31. The molecule has 5 N–H and O–H groups in total. The fourth-order valence-corrected chi connectivity index (χ4v) is 1.71. The summed E-state index contributed by atoms with van der Waals surface area (Å²) in [6.07, 6.45) is 0.762. The highest BCUT2D eigenvalue weighted by atomic mass is 32.3. The average Bonchev–Trinajstić information content (AvgIpc) is 2.39. The predicted octanol–water partition coefficient (Wildman–Crippen LogP) is -0.765. The monoisotopic (exact) mass is 292 g/mol. The molecule has 0 fully saturated rings. The minimum Gasteiger partial charge on any atom is -0.396 e. The van der Waals surface area contributed by atoms with Crippen LogP contribution in [0.15, 0.2) is 18.2 Å². The molecule has 0 spiro atoms. The summed E-state index contributed by atoms with van der Waals surface area (Å²) in [6.45, 7) is -0.116. The van der Waals surface area contributed by atoms with Gasteiger partial charge in [-0.1, -0.05) is 12.1 Å². The Morgan fingerprint density at radius 3 is 2.47 bits per heavy atom. The maximum atomic E-state index is 10.9. The van der Waals surface area contributed by atoms with Crippen LogP contribution >= 0.6 is 0 Å². The highest BCUT2D eigenvalue weighted by Crippen LogP contribution is 2.19. The second-order valence-corrected chi connectivity index (χ2v) is 4.80. The zero-order valence-corrected chi connectivity index (χ0v) is 10.9. The molecule has 0 bridgehead atoms. The zero-order chi connectivity index (χ0) is 14.3. The summed E-state index contributed by atoms with van der Waals surface area (Å²) in [4.78, 5) is 0. The molecule has 9 heteroatoms. The van der Waals surface area contributed by atoms with E-state index in [1.54, 1.807) is 18.2 Å². The topological polar surface area (TPSA) is 131 Å². The number of hydrogen-bond acceptors (Lipinski definition) is 8. The van der Waals surface area contributed by atoms with Crippen molar-refractivity contribution in [1.29, 1.82) is 0 Å². The van der Waals surface area contributed by atoms with Gasteiger partial charge in [-0.15, -0.1) is 4.28 Å². The molecule has 0 heterocycles. The lowest BCUT2D eigenvalue weighted by Gasteiger charge is -2.12. The van der Waals surface area contributed by atoms with Crippen LogP contribution in [0.1, 0.15) is 11.1 Å². The van der Waals surface area contributed by atoms with E-state index >= 15 is 0 Å². The van der Waals surface area contributed by atoms with E-state index in [4.69, 9.17) is 10.2 Å². The molecule has 1 aromatic carbocycles. The van der Waals surface area contributed by atoms with E-state index in [1.807, 2.05) is 0 Å². The number of aliphatic hydroxyl groups is 2. The fraction of sp³-hybridized carbons (Fsp3) is 0.400. The van der Waals surface area contributed by atoms with Crippen LogP contribution < -0.4 is 11.4 Å². The molecule has 19 heavy (non-hydrogen) atoms. The van der Waals surface area contributed by atoms with Crippen LogP contribution in [0.5, 0.6) is 0 Å². The maximum absolute atomic E-state index is 10.9. The van der Waals surface area contributed by atoms with E-state index in [1.165, 1.54) is 0 Å². The Kier molecular flexibility index (Phi) is 6.15. The minimum absolute atomic E-state index is 0.00274. The van der Waals surface area contributed by atoms with Crippen LogP contribution in [0.3, 0.4) is 0 Å². The van der Waals surface area contributed by atoms with Crippen molar-refractivity contribution in [3.63, 3.8) is 0 Å². The number of anilines is 1. The quantitative estimate of drug-likeness (QED) is 0.460. The van der Waals surface area contributed by atoms with Crippen LogP contribution in [0, 0.1) is 0 Å². The van der Waals surface area contributed by atoms with Crippen molar-refractivity contribution in [2.45, 2.75) is 12.8 Å². The Hall–Kier alpha value is -1.23. The van der Waals surface area contributed by atoms with Crippen molar-refractivity contribution in [2.24, 2.45) is 5.90 Å². The highest BCUT2D eigenvalue weighted by molar-refractivity contribution is 7.81. The van der Waals surface area contributed by atoms with Crippen LogP contribution in [0.4, 0.5) is 5.69 Å². The SMILES string of the molecule is NOS(=O)(=O)ONc1ccc(CCO)cc1CCO. The Morgan fingerprint density at radius 1 is 1.21 bits per heavy atom. The smallest absolute Gasteiger partial charge is 0.396 e. The molecule has 0 aliphatic rings. The second kappa shape index (κ2) is 7.38. The summed E-state index contributed by atoms with van der Waals surface area (Å²) in [6, 6.07) is 4.99. The first kappa shape index (κ1) is 15.8. The predicted molar refractivity (Wildman–Crippen MR) is 66.9 cm³/mol. The van der Waals surface area contributed by atoms with Gasteiger partial charge in [0.15, 0.2) is 0 Å². The van der Waals surface area contributed by atoms with Crippen LogP contribution in [0.2, 0.25) is 0 Å². The fourth-order valence-electron chi connectivity index (χ4n) is 1.47. The van der Waals surface area contributed by atoms with Gasteiger partial charge < -0.3 is 10.2 Å². The third-order valence-corrected chi connectivity index (χ3v) is 2.85. The standard InChI is InChI=1S/C10H16N2O6S/c11-17-19(15,16)18-12-10-2-1-8(3-5-13)7-9(10)4-6-14/h1-2,7,12-14H,3-6,11H2. The lowest BCUT2D eigenvalue weighted by atomic mass is 10.0. The van der Waals surface area contributed by atoms with E-state index in [2.05, 4.69) is 19.9 Å². The summed E-state index contributed by atoms with van der Waals surface area (Å²) in [7, 11) is -4.31. The van der Waals surface area contributed by atoms with E-state index in [0.717, 1.165) is 5.56 Å². The molecular weight excluding hydrogens is 276 g/mol. The number of benzene rings is 1. The number of aliphatic hydroxyl groups excluding tert-OH is 2. The highest BCUT2D eigenvalue weighted by Gasteiger charge is 2.12. The van der Waals surface area contributed by atoms with Gasteiger partial charge in [-0.25, -0.2) is 5.48 Å². The summed E-state index contributed by atoms with van der Waals surface area (Å²) in [5.41, 5.74) is 4.05. The van der Waals surface area contributed by atoms with Crippen LogP contribution in [-0.2, 0) is 31.8 Å². The van der Waals surface area contributed by atoms with E-state index in [-0.39, 0.29) is 13.2 Å². The molecule has 0 aliphatic heterocycles. The van der Waals surface area contributed by atoms with Gasteiger partial charge in [0, 0.05) is 13.2 Å². The normalized spacial score (nSPS) is 11.5. The third-order valence-electron chi connectivity index (χ3n) is 2.32. The molecule has 1 rings (SSSR count). The second-order valence-electron chi connectivity index (χ2n) is 3.63. The Bertz CT molecular complexity index is 505. The molecule has 0 saturated carbocycles. The molecule has 0 radical (unpaired) electrons. The zero-order valence-electron chi connectivity index (χ0n) is 10.1. The summed E-state index contributed by atoms with van der Waals surface area (Å²) in [5, 5.41) is 17.8. The van der Waals surface area contributed by atoms with Gasteiger partial charge >= 0.3 is 10.4 Å². The molecule has 0 amide bonds. The first-order valence-corrected chi connectivity index (χ1v) is 6.77. The average molecular weight is 292 g/mol. The number of rotatable bonds is 8. The maximum Gasteiger partial charge on any atom is 0.436 e. The van der Waals surface area contributed by atoms with Crippen LogP contribution in [0.25, 0.3) is 0 Å². The van der Waals surface area contributed by atoms with Crippen LogP contribution in [-0.4, -0.2) is 31.8 Å². The first-order valence-electron chi connectivity index (χ1n) is 5.43. The Morgan fingerprint density at radius 2 is 1.89 bits per heavy atom. The molecule has 1 aromatic rings. The molecule has 0 aliphatic carbocycles. The Balaban J connectivity index is 2.87. The van der Waals surface area contributed by atoms with Crippen molar-refractivity contribution in [1.82, 2.24) is 0 Å². The van der Waals surface area contributed by atoms with Gasteiger partial charge in [-0.2, -0.15) is 18.6 Å². The van der Waals surface area contributed by atoms with Crippen molar-refractivity contribution >= 4 is 16.1 Å². The first-order chi connectivity index (χ1) is 9.02. The molecule has 108 valence electrons. The van der Waals surface area contributed by atoms with Gasteiger partial charge in [0.05, 0.1) is 5.69 Å². The third kappa shape index (κ3) is 5.11. The van der Waals surface area contributed by atoms with Gasteiger partial charge in [0.2, 0.25) is 0 Å². The van der Waals surface area contributed by atoms with Gasteiger partial charge in [0.1, 0.15) is 0 Å². The molecule has 0 atom stereocenters. The van der Waals surface area contributed by atoms with Gasteiger partial charge in [-0.3, -0.25) is 0 Å². The van der Waals surface area contributed by atoms with E-state index in [0.29, 0.717) is 24.1 Å². The summed E-state index contributed by atoms with van der Waals surface area (Å²) < 4.78 is 29.7. The van der Waals surface area contributed by atoms with E-state index in [9.17, 15) is 8.42 Å². The molecular formula is C10H16N2O6S. The number of hydrogen-bond donors (Lipinski definition) is 4. The molecule has 8 nitrogen and oxygen atoms in total. The van der Waals surface area contributed by atoms with Crippen molar-refractivity contribution < 1.29 is 27.2 Å². The number of nitrogens with two attached hydrogens (primary N) is 1. The number of nitrogens with one attached hydrogen (secondary N) is 1. The summed E-state index contributed by atoms with van der Waals surface area (Å²) in [5.74, 6) is 4.51.